The fraction of sp³-hybridized carbons (Fsp3) is 0.286. The predicted molar refractivity (Wildman–Crippen MR) is 101 cm³/mol. The van der Waals surface area contributed by atoms with Gasteiger partial charge < -0.3 is 20.1 Å². The summed E-state index contributed by atoms with van der Waals surface area (Å²) in [6.07, 6.45) is 0.279. The van der Waals surface area contributed by atoms with Crippen molar-refractivity contribution in [2.24, 2.45) is 0 Å². The van der Waals surface area contributed by atoms with Gasteiger partial charge in [-0.15, -0.1) is 0 Å². The van der Waals surface area contributed by atoms with E-state index in [-0.39, 0.29) is 6.61 Å². The van der Waals surface area contributed by atoms with Gasteiger partial charge in [-0.25, -0.2) is 9.59 Å². The Hall–Kier alpha value is -3.35. The van der Waals surface area contributed by atoms with Gasteiger partial charge in [0.25, 0.3) is 5.91 Å². The van der Waals surface area contributed by atoms with Gasteiger partial charge in [-0.1, -0.05) is 60.7 Å². The van der Waals surface area contributed by atoms with Gasteiger partial charge in [0.15, 0.2) is 0 Å². The molecule has 2 amide bonds. The summed E-state index contributed by atoms with van der Waals surface area (Å²) in [5.41, 5.74) is 1.39. The molecule has 3 rings (SSSR count). The summed E-state index contributed by atoms with van der Waals surface area (Å²) in [6, 6.07) is 16.1. The van der Waals surface area contributed by atoms with E-state index in [9.17, 15) is 19.5 Å². The molecule has 0 saturated carbocycles. The third kappa shape index (κ3) is 4.68. The third-order valence-electron chi connectivity index (χ3n) is 4.68. The van der Waals surface area contributed by atoms with E-state index >= 15 is 0 Å². The highest BCUT2D eigenvalue weighted by Crippen LogP contribution is 2.24. The number of ether oxygens (including phenoxy) is 1. The highest BCUT2D eigenvalue weighted by Gasteiger charge is 2.38. The SMILES string of the molecule is O=C(NC(C(=O)N1CCC[C@H]1C(=O)O)c1ccccc1)OCc1ccccc1. The second-order valence-corrected chi connectivity index (χ2v) is 6.58. The van der Waals surface area contributed by atoms with Crippen LogP contribution in [0.4, 0.5) is 4.79 Å². The van der Waals surface area contributed by atoms with Crippen LogP contribution in [0.25, 0.3) is 0 Å². The largest absolute Gasteiger partial charge is 0.480 e. The van der Waals surface area contributed by atoms with E-state index in [2.05, 4.69) is 5.32 Å². The first-order valence-corrected chi connectivity index (χ1v) is 9.11. The monoisotopic (exact) mass is 382 g/mol. The highest BCUT2D eigenvalue weighted by atomic mass is 16.5. The zero-order valence-corrected chi connectivity index (χ0v) is 15.3. The average molecular weight is 382 g/mol. The Morgan fingerprint density at radius 1 is 1.07 bits per heavy atom. The normalized spacial score (nSPS) is 17.0. The predicted octanol–water partition coefficient (Wildman–Crippen LogP) is 2.73. The fourth-order valence-electron chi connectivity index (χ4n) is 3.27. The van der Waals surface area contributed by atoms with Crippen molar-refractivity contribution in [3.05, 3.63) is 71.8 Å². The van der Waals surface area contributed by atoms with Crippen molar-refractivity contribution >= 4 is 18.0 Å². The summed E-state index contributed by atoms with van der Waals surface area (Å²) in [4.78, 5) is 38.1. The molecule has 1 aliphatic rings. The Bertz CT molecular complexity index is 825. The van der Waals surface area contributed by atoms with Gasteiger partial charge in [0.05, 0.1) is 0 Å². The molecule has 1 unspecified atom stereocenters. The topological polar surface area (TPSA) is 95.9 Å². The van der Waals surface area contributed by atoms with Gasteiger partial charge in [0.1, 0.15) is 18.7 Å². The molecule has 146 valence electrons. The summed E-state index contributed by atoms with van der Waals surface area (Å²) in [7, 11) is 0. The summed E-state index contributed by atoms with van der Waals surface area (Å²) >= 11 is 0. The van der Waals surface area contributed by atoms with Gasteiger partial charge in [0.2, 0.25) is 0 Å². The van der Waals surface area contributed by atoms with Crippen molar-refractivity contribution in [3.63, 3.8) is 0 Å². The summed E-state index contributed by atoms with van der Waals surface area (Å²) in [5, 5.41) is 12.0. The van der Waals surface area contributed by atoms with E-state index in [1.165, 1.54) is 4.90 Å². The maximum Gasteiger partial charge on any atom is 0.408 e. The number of hydrogen-bond acceptors (Lipinski definition) is 4. The second kappa shape index (κ2) is 9.03. The van der Waals surface area contributed by atoms with Gasteiger partial charge in [0, 0.05) is 6.54 Å². The number of benzene rings is 2. The third-order valence-corrected chi connectivity index (χ3v) is 4.68. The quantitative estimate of drug-likeness (QED) is 0.801. The van der Waals surface area contributed by atoms with E-state index in [0.717, 1.165) is 5.56 Å². The standard InChI is InChI=1S/C21H22N2O5/c24-19(23-13-7-12-17(23)20(25)26)18(16-10-5-2-6-11-16)22-21(27)28-14-15-8-3-1-4-9-15/h1-6,8-11,17-18H,7,12-14H2,(H,22,27)(H,25,26)/t17-,18?/m0/s1. The number of nitrogens with one attached hydrogen (secondary N) is 1. The van der Waals surface area contributed by atoms with Crippen molar-refractivity contribution in [2.45, 2.75) is 31.5 Å². The Morgan fingerprint density at radius 3 is 2.36 bits per heavy atom. The highest BCUT2D eigenvalue weighted by molar-refractivity contribution is 5.90. The molecule has 0 aliphatic carbocycles. The number of carboxylic acid groups (broad SMARTS) is 1. The zero-order valence-electron chi connectivity index (χ0n) is 15.3. The number of carbonyl (C=O) groups excluding carboxylic acids is 2. The van der Waals surface area contributed by atoms with E-state index in [4.69, 9.17) is 4.74 Å². The van der Waals surface area contributed by atoms with Crippen LogP contribution in [0.3, 0.4) is 0 Å². The van der Waals surface area contributed by atoms with Gasteiger partial charge >= 0.3 is 12.1 Å². The Morgan fingerprint density at radius 2 is 1.71 bits per heavy atom. The van der Waals surface area contributed by atoms with Crippen LogP contribution in [0.15, 0.2) is 60.7 Å². The van der Waals surface area contributed by atoms with E-state index < -0.39 is 30.1 Å². The molecule has 2 aromatic rings. The van der Waals surface area contributed by atoms with Crippen LogP contribution in [-0.2, 0) is 20.9 Å². The Labute approximate surface area is 162 Å². The molecule has 0 radical (unpaired) electrons. The van der Waals surface area contributed by atoms with Crippen molar-refractivity contribution in [1.29, 1.82) is 0 Å². The summed E-state index contributed by atoms with van der Waals surface area (Å²) in [5.74, 6) is -1.49. The number of hydrogen-bond donors (Lipinski definition) is 2. The number of nitrogens with zero attached hydrogens (tertiary/aromatic N) is 1. The van der Waals surface area contributed by atoms with Crippen molar-refractivity contribution < 1.29 is 24.2 Å². The Kier molecular flexibility index (Phi) is 6.26. The van der Waals surface area contributed by atoms with Crippen LogP contribution in [0.5, 0.6) is 0 Å². The number of carboxylic acids is 1. The second-order valence-electron chi connectivity index (χ2n) is 6.58. The fourth-order valence-corrected chi connectivity index (χ4v) is 3.27. The number of likely N-dealkylation sites (tertiary alicyclic amines) is 1. The molecule has 28 heavy (non-hydrogen) atoms. The molecular weight excluding hydrogens is 360 g/mol. The van der Waals surface area contributed by atoms with Crippen LogP contribution in [0.1, 0.15) is 30.0 Å². The lowest BCUT2D eigenvalue weighted by Crippen LogP contribution is -2.47. The van der Waals surface area contributed by atoms with Crippen LogP contribution >= 0.6 is 0 Å². The van der Waals surface area contributed by atoms with Gasteiger partial charge in [-0.05, 0) is 24.0 Å². The molecule has 2 atom stereocenters. The number of carbonyl (C=O) groups is 3. The minimum absolute atomic E-state index is 0.0733. The molecule has 7 nitrogen and oxygen atoms in total. The van der Waals surface area contributed by atoms with Crippen LogP contribution < -0.4 is 5.32 Å². The van der Waals surface area contributed by atoms with Gasteiger partial charge in [-0.3, -0.25) is 4.79 Å². The summed E-state index contributed by atoms with van der Waals surface area (Å²) in [6.45, 7) is 0.420. The zero-order chi connectivity index (χ0) is 19.9. The molecule has 1 saturated heterocycles. The maximum atomic E-state index is 13.1. The molecule has 0 spiro atoms. The lowest BCUT2D eigenvalue weighted by molar-refractivity contribution is -0.149. The smallest absolute Gasteiger partial charge is 0.408 e. The van der Waals surface area contributed by atoms with E-state index in [1.807, 2.05) is 30.3 Å². The first-order chi connectivity index (χ1) is 13.6. The average Bonchev–Trinajstić information content (AvgIpc) is 3.22. The van der Waals surface area contributed by atoms with Crippen LogP contribution in [0, 0.1) is 0 Å². The molecule has 0 bridgehead atoms. The molecule has 0 aromatic heterocycles. The number of rotatable bonds is 6. The molecule has 2 N–H and O–H groups in total. The lowest BCUT2D eigenvalue weighted by Gasteiger charge is -2.27. The number of alkyl carbamates (subject to hydrolysis) is 1. The first-order valence-electron chi connectivity index (χ1n) is 9.11. The molecule has 1 fully saturated rings. The molecule has 2 aromatic carbocycles. The molecule has 1 heterocycles. The minimum atomic E-state index is -1.04. The van der Waals surface area contributed by atoms with Crippen molar-refractivity contribution in [3.8, 4) is 0 Å². The lowest BCUT2D eigenvalue weighted by atomic mass is 10.1. The van der Waals surface area contributed by atoms with Crippen molar-refractivity contribution in [2.75, 3.05) is 6.54 Å². The Balaban J connectivity index is 1.73. The number of aliphatic carboxylic acids is 1. The first kappa shape index (κ1) is 19.4. The summed E-state index contributed by atoms with van der Waals surface area (Å²) < 4.78 is 5.23. The van der Waals surface area contributed by atoms with Crippen molar-refractivity contribution in [1.82, 2.24) is 10.2 Å². The van der Waals surface area contributed by atoms with E-state index in [1.54, 1.807) is 30.3 Å². The minimum Gasteiger partial charge on any atom is -0.480 e. The molecular formula is C21H22N2O5. The maximum absolute atomic E-state index is 13.1. The van der Waals surface area contributed by atoms with Crippen LogP contribution in [0.2, 0.25) is 0 Å². The molecule has 1 aliphatic heterocycles. The van der Waals surface area contributed by atoms with Gasteiger partial charge in [-0.2, -0.15) is 0 Å². The van der Waals surface area contributed by atoms with Crippen LogP contribution in [-0.4, -0.2) is 40.6 Å². The number of amides is 2. The molecule has 7 heteroatoms. The van der Waals surface area contributed by atoms with E-state index in [0.29, 0.717) is 24.9 Å².